The highest BCUT2D eigenvalue weighted by Crippen LogP contribution is 2.29. The van der Waals surface area contributed by atoms with Gasteiger partial charge in [-0.25, -0.2) is 0 Å². The molecule has 1 aliphatic carbocycles. The summed E-state index contributed by atoms with van der Waals surface area (Å²) in [6, 6.07) is 8.48. The molecule has 0 aliphatic heterocycles. The Bertz CT molecular complexity index is 536. The van der Waals surface area contributed by atoms with Crippen molar-refractivity contribution in [3.05, 3.63) is 42.2 Å². The monoisotopic (exact) mass is 240 g/mol. The topological polar surface area (TPSA) is 24.9 Å². The number of pyridine rings is 1. The van der Waals surface area contributed by atoms with Gasteiger partial charge < -0.3 is 5.32 Å². The Kier molecular flexibility index (Phi) is 3.04. The van der Waals surface area contributed by atoms with E-state index in [1.54, 1.807) is 0 Å². The highest BCUT2D eigenvalue weighted by atomic mass is 15.0. The van der Waals surface area contributed by atoms with Gasteiger partial charge in [-0.3, -0.25) is 4.98 Å². The Labute approximate surface area is 108 Å². The number of rotatable bonds is 3. The average molecular weight is 240 g/mol. The van der Waals surface area contributed by atoms with Gasteiger partial charge in [0.25, 0.3) is 0 Å². The Morgan fingerprint density at radius 2 is 1.94 bits per heavy atom. The molecular weight excluding hydrogens is 220 g/mol. The van der Waals surface area contributed by atoms with Crippen LogP contribution in [0.5, 0.6) is 0 Å². The molecule has 2 heteroatoms. The molecule has 18 heavy (non-hydrogen) atoms. The number of fused-ring (bicyclic) bond motifs is 1. The molecule has 2 aromatic rings. The molecule has 1 N–H and O–H groups in total. The predicted octanol–water partition coefficient (Wildman–Crippen LogP) is 3.66. The van der Waals surface area contributed by atoms with E-state index in [0.29, 0.717) is 5.54 Å². The smallest absolute Gasteiger partial charge is 0.0346 e. The van der Waals surface area contributed by atoms with Crippen molar-refractivity contribution in [1.29, 1.82) is 0 Å². The average Bonchev–Trinajstić information content (AvgIpc) is 2.84. The van der Waals surface area contributed by atoms with Crippen molar-refractivity contribution in [2.45, 2.75) is 44.7 Å². The number of benzene rings is 1. The molecule has 0 unspecified atom stereocenters. The first-order valence-electron chi connectivity index (χ1n) is 6.84. The van der Waals surface area contributed by atoms with Gasteiger partial charge in [0.2, 0.25) is 0 Å². The normalized spacial score (nSPS) is 18.3. The van der Waals surface area contributed by atoms with Gasteiger partial charge in [0.1, 0.15) is 0 Å². The van der Waals surface area contributed by atoms with E-state index in [-0.39, 0.29) is 0 Å². The molecule has 1 fully saturated rings. The van der Waals surface area contributed by atoms with Crippen LogP contribution in [-0.2, 0) is 6.54 Å². The number of hydrogen-bond donors (Lipinski definition) is 1. The summed E-state index contributed by atoms with van der Waals surface area (Å²) in [6.07, 6.45) is 9.24. The molecule has 3 rings (SSSR count). The Morgan fingerprint density at radius 3 is 2.78 bits per heavy atom. The molecule has 94 valence electrons. The van der Waals surface area contributed by atoms with E-state index in [4.69, 9.17) is 0 Å². The molecule has 0 saturated heterocycles. The van der Waals surface area contributed by atoms with Crippen LogP contribution in [0.2, 0.25) is 0 Å². The quantitative estimate of drug-likeness (QED) is 0.885. The number of hydrogen-bond acceptors (Lipinski definition) is 2. The fraction of sp³-hybridized carbons (Fsp3) is 0.438. The molecule has 0 amide bonds. The van der Waals surface area contributed by atoms with Crippen LogP contribution in [0.25, 0.3) is 10.8 Å². The van der Waals surface area contributed by atoms with Crippen LogP contribution >= 0.6 is 0 Å². The summed E-state index contributed by atoms with van der Waals surface area (Å²) in [5, 5.41) is 6.28. The Hall–Kier alpha value is -1.41. The zero-order chi connectivity index (χ0) is 12.4. The highest BCUT2D eigenvalue weighted by molar-refractivity contribution is 5.84. The van der Waals surface area contributed by atoms with Crippen LogP contribution in [-0.4, -0.2) is 10.5 Å². The molecule has 1 aromatic carbocycles. The molecule has 2 nitrogen and oxygen atoms in total. The molecule has 0 bridgehead atoms. The standard InChI is InChI=1S/C16H20N2/c1-16(8-4-5-9-16)18-12-14-11-17-10-13-6-2-3-7-15(13)14/h2-3,6-7,10-11,18H,4-5,8-9,12H2,1H3. The maximum atomic E-state index is 4.34. The summed E-state index contributed by atoms with van der Waals surface area (Å²) >= 11 is 0. The molecule has 1 heterocycles. The lowest BCUT2D eigenvalue weighted by molar-refractivity contribution is 0.363. The first-order chi connectivity index (χ1) is 8.77. The van der Waals surface area contributed by atoms with E-state index >= 15 is 0 Å². The molecule has 1 saturated carbocycles. The van der Waals surface area contributed by atoms with Crippen LogP contribution in [0.3, 0.4) is 0 Å². The molecule has 0 radical (unpaired) electrons. The van der Waals surface area contributed by atoms with Crippen LogP contribution in [0.15, 0.2) is 36.7 Å². The van der Waals surface area contributed by atoms with Crippen LogP contribution in [0.1, 0.15) is 38.2 Å². The first kappa shape index (κ1) is 11.7. The van der Waals surface area contributed by atoms with Gasteiger partial charge in [0.05, 0.1) is 0 Å². The van der Waals surface area contributed by atoms with E-state index in [1.807, 2.05) is 12.4 Å². The van der Waals surface area contributed by atoms with Gasteiger partial charge in [-0.15, -0.1) is 0 Å². The summed E-state index contributed by atoms with van der Waals surface area (Å²) < 4.78 is 0. The van der Waals surface area contributed by atoms with Gasteiger partial charge in [-0.2, -0.15) is 0 Å². The summed E-state index contributed by atoms with van der Waals surface area (Å²) in [5.74, 6) is 0. The summed E-state index contributed by atoms with van der Waals surface area (Å²) in [7, 11) is 0. The van der Waals surface area contributed by atoms with Crippen molar-refractivity contribution < 1.29 is 0 Å². The van der Waals surface area contributed by atoms with E-state index in [1.165, 1.54) is 42.0 Å². The molecule has 0 atom stereocenters. The van der Waals surface area contributed by atoms with Crippen molar-refractivity contribution in [1.82, 2.24) is 10.3 Å². The number of nitrogens with zero attached hydrogens (tertiary/aromatic N) is 1. The second-order valence-corrected chi connectivity index (χ2v) is 5.64. The van der Waals surface area contributed by atoms with Gasteiger partial charge in [0.15, 0.2) is 0 Å². The minimum absolute atomic E-state index is 0.330. The van der Waals surface area contributed by atoms with Gasteiger partial charge in [-0.1, -0.05) is 37.1 Å². The lowest BCUT2D eigenvalue weighted by Gasteiger charge is -2.25. The Balaban J connectivity index is 1.82. The van der Waals surface area contributed by atoms with Crippen LogP contribution < -0.4 is 5.32 Å². The van der Waals surface area contributed by atoms with Gasteiger partial charge in [0, 0.05) is 29.9 Å². The van der Waals surface area contributed by atoms with E-state index in [2.05, 4.69) is 41.5 Å². The maximum absolute atomic E-state index is 4.34. The third-order valence-electron chi connectivity index (χ3n) is 4.16. The fourth-order valence-corrected chi connectivity index (χ4v) is 2.96. The van der Waals surface area contributed by atoms with E-state index < -0.39 is 0 Å². The predicted molar refractivity (Wildman–Crippen MR) is 75.5 cm³/mol. The van der Waals surface area contributed by atoms with E-state index in [9.17, 15) is 0 Å². The second kappa shape index (κ2) is 4.69. The van der Waals surface area contributed by atoms with Crippen LogP contribution in [0, 0.1) is 0 Å². The lowest BCUT2D eigenvalue weighted by atomic mass is 9.99. The molecule has 1 aromatic heterocycles. The fourth-order valence-electron chi connectivity index (χ4n) is 2.96. The number of aromatic nitrogens is 1. The highest BCUT2D eigenvalue weighted by Gasteiger charge is 2.27. The van der Waals surface area contributed by atoms with Crippen molar-refractivity contribution in [2.75, 3.05) is 0 Å². The molecular formula is C16H20N2. The summed E-state index contributed by atoms with van der Waals surface area (Å²) in [6.45, 7) is 3.27. The number of nitrogens with one attached hydrogen (secondary N) is 1. The van der Waals surface area contributed by atoms with Crippen molar-refractivity contribution in [3.8, 4) is 0 Å². The van der Waals surface area contributed by atoms with Crippen molar-refractivity contribution in [3.63, 3.8) is 0 Å². The third-order valence-corrected chi connectivity index (χ3v) is 4.16. The molecule has 1 aliphatic rings. The van der Waals surface area contributed by atoms with Crippen LogP contribution in [0.4, 0.5) is 0 Å². The summed E-state index contributed by atoms with van der Waals surface area (Å²) in [5.41, 5.74) is 1.64. The third kappa shape index (κ3) is 2.25. The summed E-state index contributed by atoms with van der Waals surface area (Å²) in [4.78, 5) is 4.34. The zero-order valence-electron chi connectivity index (χ0n) is 10.9. The first-order valence-corrected chi connectivity index (χ1v) is 6.84. The minimum atomic E-state index is 0.330. The van der Waals surface area contributed by atoms with E-state index in [0.717, 1.165) is 6.54 Å². The maximum Gasteiger partial charge on any atom is 0.0346 e. The molecule has 0 spiro atoms. The second-order valence-electron chi connectivity index (χ2n) is 5.64. The van der Waals surface area contributed by atoms with Gasteiger partial charge >= 0.3 is 0 Å². The van der Waals surface area contributed by atoms with Crippen molar-refractivity contribution >= 4 is 10.8 Å². The van der Waals surface area contributed by atoms with Gasteiger partial charge in [-0.05, 0) is 30.7 Å². The SMILES string of the molecule is CC1(NCc2cncc3ccccc23)CCCC1. The minimum Gasteiger partial charge on any atom is -0.307 e. The van der Waals surface area contributed by atoms with Crippen molar-refractivity contribution in [2.24, 2.45) is 0 Å². The zero-order valence-corrected chi connectivity index (χ0v) is 10.9. The largest absolute Gasteiger partial charge is 0.307 e. The Morgan fingerprint density at radius 1 is 1.17 bits per heavy atom. The lowest BCUT2D eigenvalue weighted by Crippen LogP contribution is -2.38.